The molecule has 3 N–H and O–H groups in total. The fourth-order valence-corrected chi connectivity index (χ4v) is 1.44. The Morgan fingerprint density at radius 3 is 2.43 bits per heavy atom. The van der Waals surface area contributed by atoms with Crippen LogP contribution in [0.25, 0.3) is 0 Å². The number of nitrogens with two attached hydrogens (primary N) is 1. The molecule has 0 saturated heterocycles. The van der Waals surface area contributed by atoms with Gasteiger partial charge in [-0.2, -0.15) is 0 Å². The van der Waals surface area contributed by atoms with Crippen molar-refractivity contribution < 1.29 is 0 Å². The molecule has 0 fully saturated rings. The first-order valence-electron chi connectivity index (χ1n) is 5.10. The Bertz CT molecular complexity index is 246. The van der Waals surface area contributed by atoms with E-state index in [1.807, 2.05) is 12.1 Å². The molecule has 1 aromatic rings. The van der Waals surface area contributed by atoms with Crippen LogP contribution in [0.15, 0.2) is 24.5 Å². The van der Waals surface area contributed by atoms with Gasteiger partial charge in [0.05, 0.1) is 0 Å². The maximum Gasteiger partial charge on any atom is 0.0461 e. The summed E-state index contributed by atoms with van der Waals surface area (Å²) < 4.78 is 0. The van der Waals surface area contributed by atoms with Crippen LogP contribution in [-0.4, -0.2) is 4.98 Å². The van der Waals surface area contributed by atoms with Gasteiger partial charge in [-0.15, -0.1) is 0 Å². The molecule has 0 aliphatic heterocycles. The molecule has 1 atom stereocenters. The quantitative estimate of drug-likeness (QED) is 0.555. The van der Waals surface area contributed by atoms with Crippen LogP contribution in [0.5, 0.6) is 0 Å². The third-order valence-electron chi connectivity index (χ3n) is 2.34. The van der Waals surface area contributed by atoms with Gasteiger partial charge in [0.25, 0.3) is 0 Å². The molecule has 1 unspecified atom stereocenters. The zero-order valence-electron chi connectivity index (χ0n) is 8.90. The molecule has 1 aromatic heterocycles. The predicted molar refractivity (Wildman–Crippen MR) is 58.4 cm³/mol. The highest BCUT2D eigenvalue weighted by molar-refractivity contribution is 5.14. The number of hydrazine groups is 1. The maximum absolute atomic E-state index is 5.52. The summed E-state index contributed by atoms with van der Waals surface area (Å²) in [5.74, 6) is 6.24. The van der Waals surface area contributed by atoms with Crippen LogP contribution in [0.3, 0.4) is 0 Å². The highest BCUT2D eigenvalue weighted by Crippen LogP contribution is 2.19. The molecule has 0 spiro atoms. The third-order valence-corrected chi connectivity index (χ3v) is 2.34. The monoisotopic (exact) mass is 193 g/mol. The minimum Gasteiger partial charge on any atom is -0.271 e. The predicted octanol–water partition coefficient (Wildman–Crippen LogP) is 2.02. The van der Waals surface area contributed by atoms with E-state index in [9.17, 15) is 0 Å². The van der Waals surface area contributed by atoms with E-state index in [1.165, 1.54) is 12.0 Å². The van der Waals surface area contributed by atoms with E-state index < -0.39 is 0 Å². The fourth-order valence-electron chi connectivity index (χ4n) is 1.44. The van der Waals surface area contributed by atoms with Crippen molar-refractivity contribution in [1.82, 2.24) is 10.4 Å². The van der Waals surface area contributed by atoms with Gasteiger partial charge in [0, 0.05) is 18.4 Å². The lowest BCUT2D eigenvalue weighted by Crippen LogP contribution is -2.28. The summed E-state index contributed by atoms with van der Waals surface area (Å²) in [4.78, 5) is 3.99. The van der Waals surface area contributed by atoms with E-state index in [0.717, 1.165) is 6.42 Å². The molecule has 0 aliphatic carbocycles. The molecule has 14 heavy (non-hydrogen) atoms. The topological polar surface area (TPSA) is 50.9 Å². The summed E-state index contributed by atoms with van der Waals surface area (Å²) in [7, 11) is 0. The third kappa shape index (κ3) is 3.44. The molecule has 0 amide bonds. The van der Waals surface area contributed by atoms with E-state index in [4.69, 9.17) is 5.84 Å². The molecule has 78 valence electrons. The Labute approximate surface area is 85.7 Å². The van der Waals surface area contributed by atoms with Crippen LogP contribution >= 0.6 is 0 Å². The van der Waals surface area contributed by atoms with Gasteiger partial charge in [-0.3, -0.25) is 16.3 Å². The lowest BCUT2D eigenvalue weighted by molar-refractivity contribution is 0.448. The van der Waals surface area contributed by atoms with Crippen molar-refractivity contribution >= 4 is 0 Å². The number of hydrogen-bond acceptors (Lipinski definition) is 3. The minimum absolute atomic E-state index is 0.250. The standard InChI is InChI=1S/C11H19N3/c1-9(2)3-4-11(14-12)10-5-7-13-8-6-10/h5-9,11,14H,3-4,12H2,1-2H3. The summed E-state index contributed by atoms with van der Waals surface area (Å²) in [5, 5.41) is 0. The smallest absolute Gasteiger partial charge is 0.0461 e. The number of nitrogens with zero attached hydrogens (tertiary/aromatic N) is 1. The Morgan fingerprint density at radius 1 is 1.29 bits per heavy atom. The highest BCUT2D eigenvalue weighted by Gasteiger charge is 2.09. The maximum atomic E-state index is 5.52. The van der Waals surface area contributed by atoms with Crippen molar-refractivity contribution in [2.75, 3.05) is 0 Å². The van der Waals surface area contributed by atoms with E-state index in [-0.39, 0.29) is 6.04 Å². The number of aromatic nitrogens is 1. The molecule has 0 aromatic carbocycles. The number of rotatable bonds is 5. The Hall–Kier alpha value is -0.930. The zero-order chi connectivity index (χ0) is 10.4. The zero-order valence-corrected chi connectivity index (χ0v) is 8.90. The van der Waals surface area contributed by atoms with Crippen molar-refractivity contribution in [3.63, 3.8) is 0 Å². The van der Waals surface area contributed by atoms with Crippen LogP contribution in [0.1, 0.15) is 38.3 Å². The van der Waals surface area contributed by atoms with Gasteiger partial charge in [-0.05, 0) is 36.5 Å². The highest BCUT2D eigenvalue weighted by atomic mass is 15.2. The van der Waals surface area contributed by atoms with Crippen molar-refractivity contribution in [1.29, 1.82) is 0 Å². The Kier molecular flexibility index (Phi) is 4.56. The first-order valence-corrected chi connectivity index (χ1v) is 5.10. The van der Waals surface area contributed by atoms with Crippen LogP contribution in [0, 0.1) is 5.92 Å². The van der Waals surface area contributed by atoms with Gasteiger partial charge < -0.3 is 0 Å². The molecular formula is C11H19N3. The van der Waals surface area contributed by atoms with Crippen LogP contribution in [-0.2, 0) is 0 Å². The second-order valence-corrected chi connectivity index (χ2v) is 3.97. The molecule has 3 nitrogen and oxygen atoms in total. The molecule has 0 saturated carbocycles. The van der Waals surface area contributed by atoms with Crippen LogP contribution < -0.4 is 11.3 Å². The first kappa shape index (κ1) is 11.1. The lowest BCUT2D eigenvalue weighted by Gasteiger charge is -2.16. The van der Waals surface area contributed by atoms with Crippen molar-refractivity contribution in [3.8, 4) is 0 Å². The Balaban J connectivity index is 2.54. The Morgan fingerprint density at radius 2 is 1.93 bits per heavy atom. The molecule has 1 rings (SSSR count). The van der Waals surface area contributed by atoms with E-state index >= 15 is 0 Å². The van der Waals surface area contributed by atoms with Crippen molar-refractivity contribution in [2.24, 2.45) is 11.8 Å². The van der Waals surface area contributed by atoms with Gasteiger partial charge in [0.2, 0.25) is 0 Å². The summed E-state index contributed by atoms with van der Waals surface area (Å²) in [6.07, 6.45) is 5.85. The van der Waals surface area contributed by atoms with E-state index in [0.29, 0.717) is 5.92 Å². The van der Waals surface area contributed by atoms with E-state index in [2.05, 4.69) is 24.3 Å². The van der Waals surface area contributed by atoms with Crippen LogP contribution in [0.4, 0.5) is 0 Å². The average Bonchev–Trinajstić information content (AvgIpc) is 2.20. The SMILES string of the molecule is CC(C)CCC(NN)c1ccncc1. The second kappa shape index (κ2) is 5.73. The van der Waals surface area contributed by atoms with Gasteiger partial charge in [0.15, 0.2) is 0 Å². The lowest BCUT2D eigenvalue weighted by atomic mass is 9.99. The molecule has 3 heteroatoms. The molecule has 1 heterocycles. The first-order chi connectivity index (χ1) is 6.74. The molecule has 0 aliphatic rings. The number of pyridine rings is 1. The summed E-state index contributed by atoms with van der Waals surface area (Å²) >= 11 is 0. The van der Waals surface area contributed by atoms with Crippen molar-refractivity contribution in [3.05, 3.63) is 30.1 Å². The second-order valence-electron chi connectivity index (χ2n) is 3.97. The molecule has 0 bridgehead atoms. The summed E-state index contributed by atoms with van der Waals surface area (Å²) in [6, 6.07) is 4.26. The summed E-state index contributed by atoms with van der Waals surface area (Å²) in [5.41, 5.74) is 4.06. The number of hydrogen-bond donors (Lipinski definition) is 2. The molecular weight excluding hydrogens is 174 g/mol. The normalized spacial score (nSPS) is 13.1. The van der Waals surface area contributed by atoms with Gasteiger partial charge in [-0.1, -0.05) is 13.8 Å². The fraction of sp³-hybridized carbons (Fsp3) is 0.545. The van der Waals surface area contributed by atoms with Crippen LogP contribution in [0.2, 0.25) is 0 Å². The van der Waals surface area contributed by atoms with Gasteiger partial charge in [0.1, 0.15) is 0 Å². The summed E-state index contributed by atoms with van der Waals surface area (Å²) in [6.45, 7) is 4.44. The van der Waals surface area contributed by atoms with E-state index in [1.54, 1.807) is 12.4 Å². The molecule has 0 radical (unpaired) electrons. The number of nitrogens with one attached hydrogen (secondary N) is 1. The van der Waals surface area contributed by atoms with Crippen molar-refractivity contribution in [2.45, 2.75) is 32.7 Å². The largest absolute Gasteiger partial charge is 0.271 e. The van der Waals surface area contributed by atoms with Gasteiger partial charge >= 0.3 is 0 Å². The van der Waals surface area contributed by atoms with Gasteiger partial charge in [-0.25, -0.2) is 0 Å². The minimum atomic E-state index is 0.250. The average molecular weight is 193 g/mol.